The Morgan fingerprint density at radius 3 is 2.84 bits per heavy atom. The highest BCUT2D eigenvalue weighted by Crippen LogP contribution is 2.50. The van der Waals surface area contributed by atoms with Crippen molar-refractivity contribution in [1.82, 2.24) is 19.5 Å². The fourth-order valence-electron chi connectivity index (χ4n) is 3.89. The van der Waals surface area contributed by atoms with Crippen LogP contribution in [0.5, 0.6) is 0 Å². The quantitative estimate of drug-likeness (QED) is 0.589. The summed E-state index contributed by atoms with van der Waals surface area (Å²) >= 11 is 6.04. The molecule has 3 heterocycles. The molecule has 8 nitrogen and oxygen atoms in total. The van der Waals surface area contributed by atoms with Gasteiger partial charge in [-0.1, -0.05) is 23.7 Å². The SMILES string of the molecule is CC(=O)OC1(C)[C@@H](C)OC(n2cnc3c(NCc4cccc(Cl)c4)ncnc32)[C@]1(C)F. The van der Waals surface area contributed by atoms with E-state index in [0.29, 0.717) is 28.5 Å². The lowest BCUT2D eigenvalue weighted by molar-refractivity contribution is -0.172. The van der Waals surface area contributed by atoms with Gasteiger partial charge in [-0.15, -0.1) is 0 Å². The van der Waals surface area contributed by atoms with Gasteiger partial charge in [-0.05, 0) is 38.5 Å². The number of hydrogen-bond acceptors (Lipinski definition) is 7. The van der Waals surface area contributed by atoms with Crippen LogP contribution >= 0.6 is 11.6 Å². The maximum absolute atomic E-state index is 16.0. The monoisotopic (exact) mass is 447 g/mol. The van der Waals surface area contributed by atoms with Crippen LogP contribution in [0.4, 0.5) is 10.2 Å². The summed E-state index contributed by atoms with van der Waals surface area (Å²) in [4.78, 5) is 24.5. The minimum absolute atomic E-state index is 0.400. The van der Waals surface area contributed by atoms with Crippen molar-refractivity contribution in [2.45, 2.75) is 57.8 Å². The number of nitrogens with one attached hydrogen (secondary N) is 1. The van der Waals surface area contributed by atoms with Crippen LogP contribution < -0.4 is 5.32 Å². The molecule has 2 aromatic heterocycles. The Balaban J connectivity index is 1.66. The van der Waals surface area contributed by atoms with E-state index in [1.165, 1.54) is 38.0 Å². The summed E-state index contributed by atoms with van der Waals surface area (Å²) in [5, 5.41) is 3.86. The fourth-order valence-corrected chi connectivity index (χ4v) is 4.10. The van der Waals surface area contributed by atoms with Crippen molar-refractivity contribution in [2.24, 2.45) is 0 Å². The van der Waals surface area contributed by atoms with Gasteiger partial charge in [-0.2, -0.15) is 0 Å². The summed E-state index contributed by atoms with van der Waals surface area (Å²) in [5.41, 5.74) is -1.67. The van der Waals surface area contributed by atoms with Gasteiger partial charge < -0.3 is 14.8 Å². The van der Waals surface area contributed by atoms with Gasteiger partial charge in [0, 0.05) is 18.5 Å². The average Bonchev–Trinajstić information content (AvgIpc) is 3.19. The number of rotatable bonds is 5. The smallest absolute Gasteiger partial charge is 0.303 e. The standard InChI is InChI=1S/C21H23ClFN5O3/c1-12-21(4,31-13(2)29)20(3,23)19(30-12)28-11-27-16-17(25-10-26-18(16)28)24-9-14-6-5-7-15(22)8-14/h5-8,10-12,19H,9H2,1-4H3,(H,24,25,26)/t12-,19?,20+,21?/m1/s1. The predicted octanol–water partition coefficient (Wildman–Crippen LogP) is 4.06. The molecule has 0 bridgehead atoms. The number of benzene rings is 1. The molecule has 4 rings (SSSR count). The van der Waals surface area contributed by atoms with E-state index < -0.39 is 29.6 Å². The molecular formula is C21H23ClFN5O3. The molecule has 3 aromatic rings. The molecule has 0 spiro atoms. The summed E-state index contributed by atoms with van der Waals surface area (Å²) in [7, 11) is 0. The summed E-state index contributed by atoms with van der Waals surface area (Å²) in [5.74, 6) is -0.0779. The van der Waals surface area contributed by atoms with Crippen molar-refractivity contribution in [1.29, 1.82) is 0 Å². The molecule has 1 aromatic carbocycles. The molecule has 31 heavy (non-hydrogen) atoms. The molecule has 2 unspecified atom stereocenters. The summed E-state index contributed by atoms with van der Waals surface area (Å²) in [6.45, 7) is 6.29. The third kappa shape index (κ3) is 3.61. The first kappa shape index (κ1) is 21.5. The van der Waals surface area contributed by atoms with E-state index in [-0.39, 0.29) is 0 Å². The number of ether oxygens (including phenoxy) is 2. The van der Waals surface area contributed by atoms with Crippen LogP contribution in [-0.2, 0) is 20.8 Å². The van der Waals surface area contributed by atoms with Crippen molar-refractivity contribution in [3.05, 3.63) is 47.5 Å². The van der Waals surface area contributed by atoms with E-state index in [1.807, 2.05) is 18.2 Å². The molecule has 1 saturated heterocycles. The van der Waals surface area contributed by atoms with E-state index >= 15 is 4.39 Å². The summed E-state index contributed by atoms with van der Waals surface area (Å²) in [6, 6.07) is 7.46. The maximum Gasteiger partial charge on any atom is 0.303 e. The normalized spacial score (nSPS) is 28.1. The summed E-state index contributed by atoms with van der Waals surface area (Å²) < 4.78 is 28.8. The first-order valence-electron chi connectivity index (χ1n) is 9.83. The van der Waals surface area contributed by atoms with Crippen molar-refractivity contribution >= 4 is 34.6 Å². The van der Waals surface area contributed by atoms with Crippen LogP contribution in [0.1, 0.15) is 39.5 Å². The van der Waals surface area contributed by atoms with Gasteiger partial charge in [0.15, 0.2) is 34.5 Å². The lowest BCUT2D eigenvalue weighted by Gasteiger charge is -2.36. The minimum Gasteiger partial charge on any atom is -0.453 e. The molecule has 0 saturated carbocycles. The number of fused-ring (bicyclic) bond motifs is 1. The zero-order valence-corrected chi connectivity index (χ0v) is 18.4. The highest BCUT2D eigenvalue weighted by Gasteiger charge is 2.65. The number of hydrogen-bond donors (Lipinski definition) is 1. The third-order valence-electron chi connectivity index (χ3n) is 5.86. The lowest BCUT2D eigenvalue weighted by Crippen LogP contribution is -2.53. The van der Waals surface area contributed by atoms with Gasteiger partial charge >= 0.3 is 5.97 Å². The van der Waals surface area contributed by atoms with Gasteiger partial charge in [-0.25, -0.2) is 19.3 Å². The van der Waals surface area contributed by atoms with Crippen LogP contribution in [0.3, 0.4) is 0 Å². The Kier molecular flexibility index (Phi) is 5.35. The zero-order chi connectivity index (χ0) is 22.4. The van der Waals surface area contributed by atoms with Gasteiger partial charge in [-0.3, -0.25) is 9.36 Å². The number of nitrogens with zero attached hydrogens (tertiary/aromatic N) is 4. The van der Waals surface area contributed by atoms with Gasteiger partial charge in [0.1, 0.15) is 12.4 Å². The first-order chi connectivity index (χ1) is 14.6. The molecule has 1 fully saturated rings. The lowest BCUT2D eigenvalue weighted by atomic mass is 9.84. The Labute approximate surface area is 183 Å². The molecule has 0 amide bonds. The Morgan fingerprint density at radius 2 is 2.13 bits per heavy atom. The number of aromatic nitrogens is 4. The largest absolute Gasteiger partial charge is 0.453 e. The van der Waals surface area contributed by atoms with E-state index in [2.05, 4.69) is 20.3 Å². The minimum atomic E-state index is -2.04. The molecule has 0 radical (unpaired) electrons. The number of carbonyl (C=O) groups is 1. The van der Waals surface area contributed by atoms with Crippen molar-refractivity contribution in [3.63, 3.8) is 0 Å². The maximum atomic E-state index is 16.0. The number of imidazole rings is 1. The summed E-state index contributed by atoms with van der Waals surface area (Å²) in [6.07, 6.45) is 1.06. The number of carbonyl (C=O) groups excluding carboxylic acids is 1. The van der Waals surface area contributed by atoms with Gasteiger partial charge in [0.05, 0.1) is 6.33 Å². The highest BCUT2D eigenvalue weighted by atomic mass is 35.5. The molecule has 10 heteroatoms. The topological polar surface area (TPSA) is 91.2 Å². The molecule has 0 aliphatic carbocycles. The van der Waals surface area contributed by atoms with Crippen LogP contribution in [0, 0.1) is 0 Å². The molecule has 1 N–H and O–H groups in total. The Bertz CT molecular complexity index is 1140. The zero-order valence-electron chi connectivity index (χ0n) is 17.6. The molecule has 1 aliphatic rings. The Morgan fingerprint density at radius 1 is 1.35 bits per heavy atom. The second kappa shape index (κ2) is 7.72. The second-order valence-corrected chi connectivity index (χ2v) is 8.37. The fraction of sp³-hybridized carbons (Fsp3) is 0.429. The molecule has 164 valence electrons. The van der Waals surface area contributed by atoms with Crippen LogP contribution in [0.15, 0.2) is 36.9 Å². The average molecular weight is 448 g/mol. The number of esters is 1. The van der Waals surface area contributed by atoms with E-state index in [4.69, 9.17) is 21.1 Å². The number of anilines is 1. The number of halogens is 2. The second-order valence-electron chi connectivity index (χ2n) is 7.94. The van der Waals surface area contributed by atoms with E-state index in [9.17, 15) is 4.79 Å². The van der Waals surface area contributed by atoms with E-state index in [0.717, 1.165) is 5.56 Å². The third-order valence-corrected chi connectivity index (χ3v) is 6.09. The predicted molar refractivity (Wildman–Crippen MR) is 113 cm³/mol. The highest BCUT2D eigenvalue weighted by molar-refractivity contribution is 6.30. The van der Waals surface area contributed by atoms with Crippen molar-refractivity contribution in [3.8, 4) is 0 Å². The Hall–Kier alpha value is -2.78. The molecular weight excluding hydrogens is 425 g/mol. The van der Waals surface area contributed by atoms with Crippen LogP contribution in [0.25, 0.3) is 11.2 Å². The van der Waals surface area contributed by atoms with Crippen LogP contribution in [0.2, 0.25) is 5.02 Å². The van der Waals surface area contributed by atoms with E-state index in [1.54, 1.807) is 13.0 Å². The molecule has 1 aliphatic heterocycles. The van der Waals surface area contributed by atoms with Crippen molar-refractivity contribution < 1.29 is 18.7 Å². The van der Waals surface area contributed by atoms with Gasteiger partial charge in [0.2, 0.25) is 0 Å². The van der Waals surface area contributed by atoms with Gasteiger partial charge in [0.25, 0.3) is 0 Å². The first-order valence-corrected chi connectivity index (χ1v) is 10.2. The number of alkyl halides is 1. The van der Waals surface area contributed by atoms with Crippen molar-refractivity contribution in [2.75, 3.05) is 5.32 Å². The molecule has 4 atom stereocenters. The van der Waals surface area contributed by atoms with Crippen LogP contribution in [-0.4, -0.2) is 42.9 Å².